The summed E-state index contributed by atoms with van der Waals surface area (Å²) in [5.74, 6) is 0.455. The molecule has 3 atom stereocenters. The fourth-order valence-corrected chi connectivity index (χ4v) is 3.56. The van der Waals surface area contributed by atoms with Crippen molar-refractivity contribution in [2.24, 2.45) is 5.92 Å². The first-order valence-electron chi connectivity index (χ1n) is 7.77. The number of hydrogen-bond acceptors (Lipinski definition) is 2. The van der Waals surface area contributed by atoms with E-state index in [0.717, 1.165) is 13.0 Å². The van der Waals surface area contributed by atoms with E-state index in [0.29, 0.717) is 12.0 Å². The molecule has 0 spiro atoms. The summed E-state index contributed by atoms with van der Waals surface area (Å²) in [6.07, 6.45) is 7.07. The van der Waals surface area contributed by atoms with Crippen molar-refractivity contribution >= 4 is 0 Å². The SMILES string of the molecule is CC(NCC1CCCC1O)c1ccc2c(c1)CCC2. The first kappa shape index (κ1) is 13.1. The standard InChI is InChI=1S/C17H25NO/c1-12(18-11-16-6-3-7-17(16)19)14-9-8-13-4-2-5-15(13)10-14/h8-10,12,16-19H,2-7,11H2,1H3. The van der Waals surface area contributed by atoms with E-state index >= 15 is 0 Å². The number of nitrogens with one attached hydrogen (secondary N) is 1. The molecule has 0 aliphatic heterocycles. The van der Waals surface area contributed by atoms with Gasteiger partial charge >= 0.3 is 0 Å². The van der Waals surface area contributed by atoms with Crippen LogP contribution in [0.5, 0.6) is 0 Å². The highest BCUT2D eigenvalue weighted by atomic mass is 16.3. The fraction of sp³-hybridized carbons (Fsp3) is 0.647. The Bertz CT molecular complexity index is 443. The summed E-state index contributed by atoms with van der Waals surface area (Å²) >= 11 is 0. The molecule has 1 aromatic carbocycles. The van der Waals surface area contributed by atoms with E-state index in [1.165, 1.54) is 37.7 Å². The van der Waals surface area contributed by atoms with Gasteiger partial charge in [0, 0.05) is 12.6 Å². The van der Waals surface area contributed by atoms with Gasteiger partial charge in [-0.3, -0.25) is 0 Å². The zero-order valence-corrected chi connectivity index (χ0v) is 11.9. The Labute approximate surface area is 116 Å². The summed E-state index contributed by atoms with van der Waals surface area (Å²) in [5.41, 5.74) is 4.49. The normalized spacial score (nSPS) is 27.5. The molecule has 0 radical (unpaired) electrons. The first-order valence-corrected chi connectivity index (χ1v) is 7.77. The van der Waals surface area contributed by atoms with E-state index in [4.69, 9.17) is 0 Å². The molecule has 3 rings (SSSR count). The summed E-state index contributed by atoms with van der Waals surface area (Å²) in [4.78, 5) is 0. The van der Waals surface area contributed by atoms with Crippen LogP contribution in [0.2, 0.25) is 0 Å². The van der Waals surface area contributed by atoms with Gasteiger partial charge < -0.3 is 10.4 Å². The molecule has 0 amide bonds. The largest absolute Gasteiger partial charge is 0.393 e. The van der Waals surface area contributed by atoms with E-state index in [-0.39, 0.29) is 6.10 Å². The van der Waals surface area contributed by atoms with Crippen molar-refractivity contribution in [3.63, 3.8) is 0 Å². The monoisotopic (exact) mass is 259 g/mol. The first-order chi connectivity index (χ1) is 9.24. The van der Waals surface area contributed by atoms with Gasteiger partial charge in [-0.05, 0) is 61.6 Å². The number of rotatable bonds is 4. The molecule has 2 nitrogen and oxygen atoms in total. The molecule has 0 bridgehead atoms. The third kappa shape index (κ3) is 2.85. The van der Waals surface area contributed by atoms with Crippen molar-refractivity contribution in [1.82, 2.24) is 5.32 Å². The summed E-state index contributed by atoms with van der Waals surface area (Å²) in [7, 11) is 0. The average molecular weight is 259 g/mol. The zero-order chi connectivity index (χ0) is 13.2. The lowest BCUT2D eigenvalue weighted by Gasteiger charge is -2.20. The van der Waals surface area contributed by atoms with Crippen molar-refractivity contribution in [2.75, 3.05) is 6.54 Å². The van der Waals surface area contributed by atoms with Gasteiger partial charge in [0.2, 0.25) is 0 Å². The Kier molecular flexibility index (Phi) is 3.90. The molecule has 1 aromatic rings. The van der Waals surface area contributed by atoms with Crippen LogP contribution in [-0.2, 0) is 12.8 Å². The third-order valence-electron chi connectivity index (χ3n) is 4.93. The summed E-state index contributed by atoms with van der Waals surface area (Å²) in [6.45, 7) is 3.18. The summed E-state index contributed by atoms with van der Waals surface area (Å²) in [6, 6.07) is 7.34. The Morgan fingerprint density at radius 2 is 2.05 bits per heavy atom. The average Bonchev–Trinajstić information content (AvgIpc) is 3.03. The predicted molar refractivity (Wildman–Crippen MR) is 78.2 cm³/mol. The van der Waals surface area contributed by atoms with Crippen molar-refractivity contribution in [2.45, 2.75) is 57.6 Å². The predicted octanol–water partition coefficient (Wildman–Crippen LogP) is 2.99. The van der Waals surface area contributed by atoms with E-state index in [1.807, 2.05) is 0 Å². The molecule has 1 saturated carbocycles. The molecule has 2 heteroatoms. The number of aryl methyl sites for hydroxylation is 2. The van der Waals surface area contributed by atoms with Gasteiger partial charge in [-0.25, -0.2) is 0 Å². The van der Waals surface area contributed by atoms with Crippen LogP contribution in [0, 0.1) is 5.92 Å². The molecule has 2 N–H and O–H groups in total. The number of fused-ring (bicyclic) bond motifs is 1. The molecule has 2 aliphatic rings. The highest BCUT2D eigenvalue weighted by Crippen LogP contribution is 2.27. The van der Waals surface area contributed by atoms with Crippen LogP contribution in [0.4, 0.5) is 0 Å². The van der Waals surface area contributed by atoms with Crippen LogP contribution in [-0.4, -0.2) is 17.8 Å². The molecule has 3 unspecified atom stereocenters. The zero-order valence-electron chi connectivity index (χ0n) is 11.9. The van der Waals surface area contributed by atoms with Gasteiger partial charge in [0.1, 0.15) is 0 Å². The lowest BCUT2D eigenvalue weighted by atomic mass is 10.0. The maximum Gasteiger partial charge on any atom is 0.0580 e. The van der Waals surface area contributed by atoms with Gasteiger partial charge in [-0.2, -0.15) is 0 Å². The van der Waals surface area contributed by atoms with Gasteiger partial charge in [-0.15, -0.1) is 0 Å². The van der Waals surface area contributed by atoms with Gasteiger partial charge in [0.25, 0.3) is 0 Å². The maximum atomic E-state index is 9.86. The minimum atomic E-state index is -0.0836. The second-order valence-corrected chi connectivity index (χ2v) is 6.27. The van der Waals surface area contributed by atoms with Gasteiger partial charge in [-0.1, -0.05) is 24.6 Å². The molecular weight excluding hydrogens is 234 g/mol. The van der Waals surface area contributed by atoms with Gasteiger partial charge in [0.15, 0.2) is 0 Å². The Balaban J connectivity index is 1.59. The second kappa shape index (κ2) is 5.64. The second-order valence-electron chi connectivity index (χ2n) is 6.27. The molecule has 19 heavy (non-hydrogen) atoms. The Hall–Kier alpha value is -0.860. The van der Waals surface area contributed by atoms with Crippen LogP contribution < -0.4 is 5.32 Å². The molecule has 0 heterocycles. The van der Waals surface area contributed by atoms with Crippen molar-refractivity contribution in [3.8, 4) is 0 Å². The van der Waals surface area contributed by atoms with E-state index < -0.39 is 0 Å². The topological polar surface area (TPSA) is 32.3 Å². The van der Waals surface area contributed by atoms with Crippen LogP contribution in [0.1, 0.15) is 55.3 Å². The highest BCUT2D eigenvalue weighted by molar-refractivity contribution is 5.36. The van der Waals surface area contributed by atoms with Crippen molar-refractivity contribution in [3.05, 3.63) is 34.9 Å². The fourth-order valence-electron chi connectivity index (χ4n) is 3.56. The van der Waals surface area contributed by atoms with Crippen LogP contribution in [0.3, 0.4) is 0 Å². The molecule has 104 valence electrons. The highest BCUT2D eigenvalue weighted by Gasteiger charge is 2.25. The van der Waals surface area contributed by atoms with Gasteiger partial charge in [0.05, 0.1) is 6.10 Å². The van der Waals surface area contributed by atoms with Crippen molar-refractivity contribution in [1.29, 1.82) is 0 Å². The number of hydrogen-bond donors (Lipinski definition) is 2. The number of benzene rings is 1. The van der Waals surface area contributed by atoms with Crippen molar-refractivity contribution < 1.29 is 5.11 Å². The van der Waals surface area contributed by atoms with Crippen LogP contribution in [0.25, 0.3) is 0 Å². The van der Waals surface area contributed by atoms with Crippen LogP contribution in [0.15, 0.2) is 18.2 Å². The number of aliphatic hydroxyl groups excluding tert-OH is 1. The minimum Gasteiger partial charge on any atom is -0.393 e. The summed E-state index contributed by atoms with van der Waals surface area (Å²) < 4.78 is 0. The number of aliphatic hydroxyl groups is 1. The lowest BCUT2D eigenvalue weighted by molar-refractivity contribution is 0.130. The molecule has 1 fully saturated rings. The minimum absolute atomic E-state index is 0.0836. The molecule has 2 aliphatic carbocycles. The quantitative estimate of drug-likeness (QED) is 0.871. The smallest absolute Gasteiger partial charge is 0.0580 e. The molecule has 0 saturated heterocycles. The third-order valence-corrected chi connectivity index (χ3v) is 4.93. The van der Waals surface area contributed by atoms with E-state index in [2.05, 4.69) is 30.4 Å². The Morgan fingerprint density at radius 1 is 1.21 bits per heavy atom. The summed E-state index contributed by atoms with van der Waals surface area (Å²) in [5, 5.41) is 13.5. The Morgan fingerprint density at radius 3 is 2.84 bits per heavy atom. The van der Waals surface area contributed by atoms with E-state index in [1.54, 1.807) is 11.1 Å². The molecular formula is C17H25NO. The van der Waals surface area contributed by atoms with E-state index in [9.17, 15) is 5.11 Å². The maximum absolute atomic E-state index is 9.86. The lowest BCUT2D eigenvalue weighted by Crippen LogP contribution is -2.29. The van der Waals surface area contributed by atoms with Crippen LogP contribution >= 0.6 is 0 Å². The molecule has 0 aromatic heterocycles.